The molecule has 0 aliphatic carbocycles. The van der Waals surface area contributed by atoms with E-state index in [1.807, 2.05) is 49.4 Å². The fourth-order valence-corrected chi connectivity index (χ4v) is 3.36. The molecule has 2 N–H and O–H groups in total. The third-order valence-corrected chi connectivity index (χ3v) is 4.70. The van der Waals surface area contributed by atoms with Crippen LogP contribution in [0.2, 0.25) is 0 Å². The highest BCUT2D eigenvalue weighted by Gasteiger charge is 2.32. The van der Waals surface area contributed by atoms with Gasteiger partial charge in [-0.15, -0.1) is 0 Å². The van der Waals surface area contributed by atoms with Gasteiger partial charge in [0.05, 0.1) is 18.0 Å². The summed E-state index contributed by atoms with van der Waals surface area (Å²) < 4.78 is 4.95. The van der Waals surface area contributed by atoms with Gasteiger partial charge in [0.2, 0.25) is 0 Å². The van der Waals surface area contributed by atoms with Crippen molar-refractivity contribution in [1.82, 2.24) is 5.32 Å². The Bertz CT molecular complexity index is 1000. The third kappa shape index (κ3) is 4.41. The molecule has 0 aromatic heterocycles. The van der Waals surface area contributed by atoms with E-state index in [1.54, 1.807) is 19.1 Å². The van der Waals surface area contributed by atoms with Crippen LogP contribution in [0.5, 0.6) is 0 Å². The third-order valence-electron chi connectivity index (χ3n) is 4.70. The number of carbonyl (C=O) groups is 3. The van der Waals surface area contributed by atoms with E-state index in [0.717, 1.165) is 11.1 Å². The monoisotopic (exact) mass is 407 g/mol. The Morgan fingerprint density at radius 3 is 2.37 bits per heavy atom. The first-order valence-electron chi connectivity index (χ1n) is 9.89. The van der Waals surface area contributed by atoms with Crippen LogP contribution in [0.1, 0.15) is 31.9 Å². The Hall–Kier alpha value is -3.45. The number of rotatable bonds is 6. The van der Waals surface area contributed by atoms with Crippen molar-refractivity contribution in [2.45, 2.75) is 26.8 Å². The molecule has 156 valence electrons. The minimum atomic E-state index is -0.976. The molecule has 1 atom stereocenters. The van der Waals surface area contributed by atoms with E-state index in [2.05, 4.69) is 10.6 Å². The fourth-order valence-electron chi connectivity index (χ4n) is 3.36. The molecule has 2 amide bonds. The van der Waals surface area contributed by atoms with Gasteiger partial charge in [-0.3, -0.25) is 25.1 Å². The van der Waals surface area contributed by atoms with Crippen LogP contribution >= 0.6 is 0 Å². The minimum Gasteiger partial charge on any atom is -0.450 e. The highest BCUT2D eigenvalue weighted by atomic mass is 16.5. The molecular weight excluding hydrogens is 382 g/mol. The summed E-state index contributed by atoms with van der Waals surface area (Å²) in [4.78, 5) is 39.2. The maximum absolute atomic E-state index is 13.5. The van der Waals surface area contributed by atoms with E-state index < -0.39 is 12.1 Å². The van der Waals surface area contributed by atoms with Crippen molar-refractivity contribution in [2.24, 2.45) is 0 Å². The van der Waals surface area contributed by atoms with E-state index >= 15 is 0 Å². The Labute approximate surface area is 175 Å². The summed E-state index contributed by atoms with van der Waals surface area (Å²) in [6.45, 7) is 5.69. The van der Waals surface area contributed by atoms with Gasteiger partial charge in [0.25, 0.3) is 5.91 Å². The first-order valence-corrected chi connectivity index (χ1v) is 9.89. The maximum Gasteiger partial charge on any atom is 0.411 e. The number of para-hydroxylation sites is 1. The number of hydrogen-bond acceptors (Lipinski definition) is 5. The van der Waals surface area contributed by atoms with Crippen LogP contribution in [-0.2, 0) is 14.3 Å². The first-order chi connectivity index (χ1) is 14.5. The van der Waals surface area contributed by atoms with Crippen LogP contribution in [0.3, 0.4) is 0 Å². The molecule has 0 radical (unpaired) electrons. The molecule has 1 unspecified atom stereocenters. The average molecular weight is 407 g/mol. The van der Waals surface area contributed by atoms with Crippen molar-refractivity contribution in [1.29, 1.82) is 0 Å². The van der Waals surface area contributed by atoms with Gasteiger partial charge in [-0.2, -0.15) is 0 Å². The Morgan fingerprint density at radius 1 is 1.00 bits per heavy atom. The molecule has 3 rings (SSSR count). The highest BCUT2D eigenvalue weighted by molar-refractivity contribution is 6.16. The van der Waals surface area contributed by atoms with Crippen LogP contribution in [0.4, 0.5) is 21.9 Å². The summed E-state index contributed by atoms with van der Waals surface area (Å²) in [5, 5.41) is 5.64. The summed E-state index contributed by atoms with van der Waals surface area (Å²) in [6, 6.07) is 11.8. The number of Topliss-reactive ketones (excluding diaryl/α,β-unsaturated/α-hetero) is 1. The lowest BCUT2D eigenvalue weighted by atomic mass is 10.1. The zero-order valence-electron chi connectivity index (χ0n) is 17.3. The Balaban J connectivity index is 2.12. The standard InChI is InChI=1S/C23H25N3O4/c1-4-24-21(15(3)27)22(28)26-19-9-7-6-8-16(19)10-11-17-12-13-18(14-20(17)26)25-23(29)30-5-2/h6-14,21,24H,4-5H2,1-3H3,(H,25,29). The van der Waals surface area contributed by atoms with Crippen molar-refractivity contribution in [2.75, 3.05) is 23.4 Å². The second-order valence-electron chi connectivity index (χ2n) is 6.79. The molecule has 1 aliphatic heterocycles. The molecule has 2 aromatic carbocycles. The molecule has 7 heteroatoms. The number of amides is 2. The van der Waals surface area contributed by atoms with Crippen LogP contribution in [0.25, 0.3) is 12.2 Å². The van der Waals surface area contributed by atoms with Crippen molar-refractivity contribution in [3.63, 3.8) is 0 Å². The van der Waals surface area contributed by atoms with Crippen LogP contribution in [-0.4, -0.2) is 37.0 Å². The molecule has 0 saturated carbocycles. The molecule has 0 saturated heterocycles. The normalized spacial score (nSPS) is 13.0. The minimum absolute atomic E-state index is 0.250. The summed E-state index contributed by atoms with van der Waals surface area (Å²) in [6.07, 6.45) is 3.26. The lowest BCUT2D eigenvalue weighted by molar-refractivity contribution is -0.128. The van der Waals surface area contributed by atoms with Gasteiger partial charge in [0.1, 0.15) is 6.04 Å². The van der Waals surface area contributed by atoms with E-state index in [-0.39, 0.29) is 18.3 Å². The van der Waals surface area contributed by atoms with E-state index in [0.29, 0.717) is 23.6 Å². The second kappa shape index (κ2) is 9.37. The maximum atomic E-state index is 13.5. The number of anilines is 3. The van der Waals surface area contributed by atoms with E-state index in [4.69, 9.17) is 4.74 Å². The largest absolute Gasteiger partial charge is 0.450 e. The predicted octanol–water partition coefficient (Wildman–Crippen LogP) is 3.97. The van der Waals surface area contributed by atoms with E-state index in [9.17, 15) is 14.4 Å². The average Bonchev–Trinajstić information content (AvgIpc) is 2.88. The number of likely N-dealkylation sites (N-methyl/N-ethyl adjacent to an activating group) is 1. The lowest BCUT2D eigenvalue weighted by Crippen LogP contribution is -2.49. The summed E-state index contributed by atoms with van der Waals surface area (Å²) in [5.74, 6) is -0.645. The molecule has 2 aromatic rings. The van der Waals surface area contributed by atoms with Gasteiger partial charge in [-0.25, -0.2) is 4.79 Å². The van der Waals surface area contributed by atoms with E-state index in [1.165, 1.54) is 11.8 Å². The SMILES string of the molecule is CCNC(C(C)=O)C(=O)N1c2ccccc2C=Cc2ccc(NC(=O)OCC)cc21. The zero-order valence-corrected chi connectivity index (χ0v) is 17.3. The van der Waals surface area contributed by atoms with Gasteiger partial charge < -0.3 is 4.74 Å². The summed E-state index contributed by atoms with van der Waals surface area (Å²) >= 11 is 0. The molecule has 0 bridgehead atoms. The number of benzene rings is 2. The van der Waals surface area contributed by atoms with Crippen LogP contribution in [0.15, 0.2) is 42.5 Å². The predicted molar refractivity (Wildman–Crippen MR) is 118 cm³/mol. The van der Waals surface area contributed by atoms with Gasteiger partial charge in [0.15, 0.2) is 5.78 Å². The second-order valence-corrected chi connectivity index (χ2v) is 6.79. The van der Waals surface area contributed by atoms with Gasteiger partial charge >= 0.3 is 6.09 Å². The van der Waals surface area contributed by atoms with Crippen LogP contribution < -0.4 is 15.5 Å². The molecule has 0 fully saturated rings. The first kappa shape index (κ1) is 21.3. The lowest BCUT2D eigenvalue weighted by Gasteiger charge is -2.28. The fraction of sp³-hybridized carbons (Fsp3) is 0.261. The highest BCUT2D eigenvalue weighted by Crippen LogP contribution is 2.38. The quantitative estimate of drug-likeness (QED) is 0.708. The van der Waals surface area contributed by atoms with Gasteiger partial charge in [0, 0.05) is 5.69 Å². The topological polar surface area (TPSA) is 87.7 Å². The molecule has 0 spiro atoms. The van der Waals surface area contributed by atoms with Crippen molar-refractivity contribution in [3.8, 4) is 0 Å². The van der Waals surface area contributed by atoms with Gasteiger partial charge in [-0.05, 0) is 49.7 Å². The van der Waals surface area contributed by atoms with Crippen molar-refractivity contribution in [3.05, 3.63) is 53.6 Å². The van der Waals surface area contributed by atoms with Crippen molar-refractivity contribution >= 4 is 47.0 Å². The molecular formula is C23H25N3O4. The number of ether oxygens (including phenoxy) is 1. The molecule has 7 nitrogen and oxygen atoms in total. The molecule has 1 heterocycles. The number of ketones is 1. The summed E-state index contributed by atoms with van der Waals surface area (Å²) in [5.41, 5.74) is 3.35. The zero-order chi connectivity index (χ0) is 21.7. The number of fused-ring (bicyclic) bond motifs is 2. The Kier molecular flexibility index (Phi) is 6.64. The Morgan fingerprint density at radius 2 is 1.70 bits per heavy atom. The van der Waals surface area contributed by atoms with Crippen molar-refractivity contribution < 1.29 is 19.1 Å². The molecule has 1 aliphatic rings. The number of nitrogens with zero attached hydrogens (tertiary/aromatic N) is 1. The number of hydrogen-bond donors (Lipinski definition) is 2. The van der Waals surface area contributed by atoms with Gasteiger partial charge in [-0.1, -0.05) is 43.3 Å². The number of carbonyl (C=O) groups excluding carboxylic acids is 3. The van der Waals surface area contributed by atoms with Crippen LogP contribution in [0, 0.1) is 0 Å². The number of nitrogens with one attached hydrogen (secondary N) is 2. The summed E-state index contributed by atoms with van der Waals surface area (Å²) in [7, 11) is 0. The smallest absolute Gasteiger partial charge is 0.411 e. The molecule has 30 heavy (non-hydrogen) atoms.